The second-order valence-corrected chi connectivity index (χ2v) is 7.69. The summed E-state index contributed by atoms with van der Waals surface area (Å²) in [5.41, 5.74) is 3.54. The Bertz CT molecular complexity index is 1190. The van der Waals surface area contributed by atoms with E-state index in [1.807, 2.05) is 36.4 Å². The summed E-state index contributed by atoms with van der Waals surface area (Å²) < 4.78 is 7.79. The van der Waals surface area contributed by atoms with Gasteiger partial charge >= 0.3 is 0 Å². The van der Waals surface area contributed by atoms with Crippen molar-refractivity contribution in [2.24, 2.45) is 0 Å². The van der Waals surface area contributed by atoms with Crippen LogP contribution in [0.25, 0.3) is 11.5 Å². The third-order valence-electron chi connectivity index (χ3n) is 5.21. The van der Waals surface area contributed by atoms with E-state index in [0.29, 0.717) is 29.7 Å². The minimum absolute atomic E-state index is 0.270. The first-order valence-electron chi connectivity index (χ1n) is 10.1. The SMILES string of the molecule is Cc1cccc(Cn2nccc2NC(=O)c2nc(-c3ccccc3)oc2C2CC2)c1. The summed E-state index contributed by atoms with van der Waals surface area (Å²) in [5.74, 6) is 1.79. The van der Waals surface area contributed by atoms with Crippen molar-refractivity contribution >= 4 is 11.7 Å². The Kier molecular flexibility index (Phi) is 4.67. The first kappa shape index (κ1) is 18.4. The molecule has 2 heterocycles. The molecular formula is C24H22N4O2. The minimum Gasteiger partial charge on any atom is -0.440 e. The van der Waals surface area contributed by atoms with Crippen LogP contribution in [-0.4, -0.2) is 20.7 Å². The number of carbonyl (C=O) groups excluding carboxylic acids is 1. The molecule has 1 saturated carbocycles. The van der Waals surface area contributed by atoms with E-state index in [0.717, 1.165) is 24.0 Å². The van der Waals surface area contributed by atoms with Crippen LogP contribution in [-0.2, 0) is 6.54 Å². The highest BCUT2D eigenvalue weighted by molar-refractivity contribution is 6.03. The van der Waals surface area contributed by atoms with Crippen LogP contribution in [0.3, 0.4) is 0 Å². The Hall–Kier alpha value is -3.67. The molecule has 30 heavy (non-hydrogen) atoms. The molecule has 2 aromatic heterocycles. The molecule has 0 spiro atoms. The number of hydrogen-bond acceptors (Lipinski definition) is 4. The van der Waals surface area contributed by atoms with E-state index >= 15 is 0 Å². The maximum absolute atomic E-state index is 13.1. The van der Waals surface area contributed by atoms with Gasteiger partial charge in [0, 0.05) is 17.5 Å². The van der Waals surface area contributed by atoms with E-state index in [1.165, 1.54) is 5.56 Å². The molecular weight excluding hydrogens is 376 g/mol. The van der Waals surface area contributed by atoms with Crippen LogP contribution in [0.15, 0.2) is 71.3 Å². The first-order chi connectivity index (χ1) is 14.7. The van der Waals surface area contributed by atoms with Crippen molar-refractivity contribution < 1.29 is 9.21 Å². The largest absolute Gasteiger partial charge is 0.440 e. The number of carbonyl (C=O) groups is 1. The summed E-state index contributed by atoms with van der Waals surface area (Å²) in [6.07, 6.45) is 3.73. The highest BCUT2D eigenvalue weighted by atomic mass is 16.4. The van der Waals surface area contributed by atoms with Gasteiger partial charge in [-0.1, -0.05) is 48.0 Å². The number of oxazole rings is 1. The number of amides is 1. The predicted octanol–water partition coefficient (Wildman–Crippen LogP) is 5.02. The minimum atomic E-state index is -0.270. The molecule has 1 aliphatic carbocycles. The summed E-state index contributed by atoms with van der Waals surface area (Å²) in [7, 11) is 0. The highest BCUT2D eigenvalue weighted by Gasteiger charge is 2.34. The Balaban J connectivity index is 1.40. The summed E-state index contributed by atoms with van der Waals surface area (Å²) in [6.45, 7) is 2.64. The molecule has 0 saturated heterocycles. The van der Waals surface area contributed by atoms with E-state index in [-0.39, 0.29) is 11.8 Å². The topological polar surface area (TPSA) is 73.0 Å². The molecule has 5 rings (SSSR count). The Morgan fingerprint density at radius 3 is 2.73 bits per heavy atom. The lowest BCUT2D eigenvalue weighted by molar-refractivity contribution is 0.102. The van der Waals surface area contributed by atoms with E-state index in [2.05, 4.69) is 40.5 Å². The fraction of sp³-hybridized carbons (Fsp3) is 0.208. The normalized spacial score (nSPS) is 13.4. The maximum atomic E-state index is 13.1. The summed E-state index contributed by atoms with van der Waals surface area (Å²) in [6, 6.07) is 19.7. The molecule has 2 aromatic carbocycles. The van der Waals surface area contributed by atoms with Crippen LogP contribution < -0.4 is 5.32 Å². The van der Waals surface area contributed by atoms with Gasteiger partial charge in [0.1, 0.15) is 11.6 Å². The fourth-order valence-corrected chi connectivity index (χ4v) is 3.54. The van der Waals surface area contributed by atoms with Gasteiger partial charge in [-0.3, -0.25) is 4.79 Å². The van der Waals surface area contributed by atoms with Crippen LogP contribution in [0.4, 0.5) is 5.82 Å². The van der Waals surface area contributed by atoms with Crippen molar-refractivity contribution in [1.82, 2.24) is 14.8 Å². The van der Waals surface area contributed by atoms with Crippen molar-refractivity contribution in [2.45, 2.75) is 32.2 Å². The zero-order valence-corrected chi connectivity index (χ0v) is 16.7. The summed E-state index contributed by atoms with van der Waals surface area (Å²) in [4.78, 5) is 17.6. The summed E-state index contributed by atoms with van der Waals surface area (Å²) in [5, 5.41) is 7.34. The van der Waals surface area contributed by atoms with Crippen LogP contribution in [0.5, 0.6) is 0 Å². The molecule has 6 heteroatoms. The molecule has 0 atom stereocenters. The number of hydrogen-bond donors (Lipinski definition) is 1. The van der Waals surface area contributed by atoms with E-state index in [4.69, 9.17) is 4.42 Å². The maximum Gasteiger partial charge on any atom is 0.279 e. The second kappa shape index (κ2) is 7.63. The predicted molar refractivity (Wildman–Crippen MR) is 114 cm³/mol. The molecule has 1 aliphatic rings. The van der Waals surface area contributed by atoms with Gasteiger partial charge in [0.2, 0.25) is 5.89 Å². The van der Waals surface area contributed by atoms with Gasteiger partial charge < -0.3 is 9.73 Å². The van der Waals surface area contributed by atoms with Crippen LogP contribution in [0.2, 0.25) is 0 Å². The van der Waals surface area contributed by atoms with Crippen LogP contribution in [0.1, 0.15) is 46.1 Å². The summed E-state index contributed by atoms with van der Waals surface area (Å²) >= 11 is 0. The number of nitrogens with zero attached hydrogens (tertiary/aromatic N) is 3. The van der Waals surface area contributed by atoms with E-state index in [1.54, 1.807) is 16.9 Å². The number of anilines is 1. The molecule has 6 nitrogen and oxygen atoms in total. The van der Waals surface area contributed by atoms with Gasteiger partial charge in [-0.15, -0.1) is 0 Å². The quantitative estimate of drug-likeness (QED) is 0.495. The zero-order chi connectivity index (χ0) is 20.5. The number of benzene rings is 2. The lowest BCUT2D eigenvalue weighted by Gasteiger charge is -2.09. The second-order valence-electron chi connectivity index (χ2n) is 7.69. The lowest BCUT2D eigenvalue weighted by atomic mass is 10.1. The Morgan fingerprint density at radius 1 is 1.13 bits per heavy atom. The van der Waals surface area contributed by atoms with Gasteiger partial charge in [-0.2, -0.15) is 5.10 Å². The van der Waals surface area contributed by atoms with Crippen LogP contribution in [0, 0.1) is 6.92 Å². The van der Waals surface area contributed by atoms with Gasteiger partial charge in [0.25, 0.3) is 5.91 Å². The third-order valence-corrected chi connectivity index (χ3v) is 5.21. The van der Waals surface area contributed by atoms with Gasteiger partial charge in [0.15, 0.2) is 5.69 Å². The van der Waals surface area contributed by atoms with Gasteiger partial charge in [0.05, 0.1) is 12.7 Å². The van der Waals surface area contributed by atoms with E-state index < -0.39 is 0 Å². The Morgan fingerprint density at radius 2 is 1.97 bits per heavy atom. The molecule has 150 valence electrons. The fourth-order valence-electron chi connectivity index (χ4n) is 3.54. The number of rotatable bonds is 6. The smallest absolute Gasteiger partial charge is 0.279 e. The molecule has 0 radical (unpaired) electrons. The lowest BCUT2D eigenvalue weighted by Crippen LogP contribution is -2.17. The Labute approximate surface area is 174 Å². The number of aryl methyl sites for hydroxylation is 1. The van der Waals surface area contributed by atoms with Gasteiger partial charge in [-0.05, 0) is 37.5 Å². The number of nitrogens with one attached hydrogen (secondary N) is 1. The molecule has 0 aliphatic heterocycles. The molecule has 0 unspecified atom stereocenters. The molecule has 1 fully saturated rings. The molecule has 1 N–H and O–H groups in total. The van der Waals surface area contributed by atoms with Crippen molar-refractivity contribution in [3.63, 3.8) is 0 Å². The van der Waals surface area contributed by atoms with Crippen molar-refractivity contribution in [3.8, 4) is 11.5 Å². The molecule has 4 aromatic rings. The molecule has 0 bridgehead atoms. The highest BCUT2D eigenvalue weighted by Crippen LogP contribution is 2.43. The van der Waals surface area contributed by atoms with Gasteiger partial charge in [-0.25, -0.2) is 9.67 Å². The van der Waals surface area contributed by atoms with Crippen molar-refractivity contribution in [1.29, 1.82) is 0 Å². The van der Waals surface area contributed by atoms with E-state index in [9.17, 15) is 4.79 Å². The average molecular weight is 398 g/mol. The number of aromatic nitrogens is 3. The molecule has 1 amide bonds. The monoisotopic (exact) mass is 398 g/mol. The van der Waals surface area contributed by atoms with Crippen LogP contribution >= 0.6 is 0 Å². The zero-order valence-electron chi connectivity index (χ0n) is 16.7. The average Bonchev–Trinajstić information content (AvgIpc) is 3.36. The first-order valence-corrected chi connectivity index (χ1v) is 10.1. The van der Waals surface area contributed by atoms with Crippen molar-refractivity contribution in [3.05, 3.63) is 89.4 Å². The van der Waals surface area contributed by atoms with Crippen molar-refractivity contribution in [2.75, 3.05) is 5.32 Å². The third kappa shape index (κ3) is 3.76. The standard InChI is InChI=1S/C24H22N4O2/c1-16-6-5-7-17(14-16)15-28-20(12-13-25-28)26-23(29)21-22(18-10-11-18)30-24(27-21)19-8-3-2-4-9-19/h2-9,12-14,18H,10-11,15H2,1H3,(H,26,29).